The highest BCUT2D eigenvalue weighted by Gasteiger charge is 2.31. The van der Waals surface area contributed by atoms with Crippen molar-refractivity contribution < 1.29 is 17.2 Å². The number of hydrogen-bond acceptors (Lipinski definition) is 4. The number of nitrogens with zero attached hydrogens (tertiary/aromatic N) is 4. The van der Waals surface area contributed by atoms with Gasteiger partial charge in [-0.25, -0.2) is 17.2 Å². The van der Waals surface area contributed by atoms with Crippen LogP contribution in [0.25, 0.3) is 0 Å². The quantitative estimate of drug-likeness (QED) is 0.830. The molecule has 1 fully saturated rings. The normalized spacial score (nSPS) is 17.3. The van der Waals surface area contributed by atoms with Gasteiger partial charge in [0.25, 0.3) is 0 Å². The average Bonchev–Trinajstić information content (AvgIpc) is 3.04. The van der Waals surface area contributed by atoms with Crippen molar-refractivity contribution in [2.75, 3.05) is 13.1 Å². The molecule has 2 heterocycles. The summed E-state index contributed by atoms with van der Waals surface area (Å²) in [6.45, 7) is 4.61. The van der Waals surface area contributed by atoms with Gasteiger partial charge in [-0.2, -0.15) is 4.31 Å². The molecule has 0 atom stereocenters. The molecule has 0 unspecified atom stereocenters. The topological polar surface area (TPSA) is 68.1 Å². The van der Waals surface area contributed by atoms with Gasteiger partial charge in [0.05, 0.1) is 4.90 Å². The van der Waals surface area contributed by atoms with Crippen LogP contribution in [0.2, 0.25) is 0 Å². The van der Waals surface area contributed by atoms with Crippen LogP contribution in [-0.4, -0.2) is 40.6 Å². The van der Waals surface area contributed by atoms with Crippen molar-refractivity contribution in [3.05, 3.63) is 42.0 Å². The van der Waals surface area contributed by atoms with Gasteiger partial charge >= 0.3 is 0 Å². The zero-order valence-corrected chi connectivity index (χ0v) is 14.9. The van der Waals surface area contributed by atoms with Gasteiger partial charge in [0.1, 0.15) is 23.8 Å². The Bertz CT molecular complexity index is 839. The van der Waals surface area contributed by atoms with Crippen molar-refractivity contribution in [2.24, 2.45) is 0 Å². The first-order chi connectivity index (χ1) is 11.8. The summed E-state index contributed by atoms with van der Waals surface area (Å²) in [6, 6.07) is 2.47. The number of halogens is 2. The van der Waals surface area contributed by atoms with Crippen molar-refractivity contribution in [3.63, 3.8) is 0 Å². The molecular weight excluding hydrogens is 350 g/mol. The lowest BCUT2D eigenvalue weighted by molar-refractivity contribution is 0.268. The second-order valence-electron chi connectivity index (χ2n) is 6.49. The second kappa shape index (κ2) is 6.80. The predicted molar refractivity (Wildman–Crippen MR) is 87.5 cm³/mol. The molecule has 0 radical (unpaired) electrons. The third-order valence-corrected chi connectivity index (χ3v) is 6.28. The fraction of sp³-hybridized carbons (Fsp3) is 0.500. The van der Waals surface area contributed by atoms with E-state index >= 15 is 0 Å². The van der Waals surface area contributed by atoms with Crippen LogP contribution < -0.4 is 0 Å². The summed E-state index contributed by atoms with van der Waals surface area (Å²) in [5, 5.41) is 8.07. The summed E-state index contributed by atoms with van der Waals surface area (Å²) in [7, 11) is -3.91. The van der Waals surface area contributed by atoms with E-state index in [-0.39, 0.29) is 29.9 Å². The molecule has 1 aromatic carbocycles. The molecule has 25 heavy (non-hydrogen) atoms. The van der Waals surface area contributed by atoms with Crippen molar-refractivity contribution in [3.8, 4) is 0 Å². The molecule has 0 bridgehead atoms. The average molecular weight is 370 g/mol. The first kappa shape index (κ1) is 17.9. The molecule has 1 saturated heterocycles. The van der Waals surface area contributed by atoms with Gasteiger partial charge in [-0.05, 0) is 25.0 Å². The monoisotopic (exact) mass is 370 g/mol. The minimum absolute atomic E-state index is 0.114. The first-order valence-electron chi connectivity index (χ1n) is 8.14. The summed E-state index contributed by atoms with van der Waals surface area (Å²) in [4.78, 5) is -0.351. The second-order valence-corrected chi connectivity index (χ2v) is 8.43. The lowest BCUT2D eigenvalue weighted by Gasteiger charge is -2.32. The van der Waals surface area contributed by atoms with Gasteiger partial charge in [-0.3, -0.25) is 0 Å². The van der Waals surface area contributed by atoms with Crippen LogP contribution in [0.1, 0.15) is 44.5 Å². The number of rotatable bonds is 4. The highest BCUT2D eigenvalue weighted by molar-refractivity contribution is 7.89. The van der Waals surface area contributed by atoms with Crippen LogP contribution in [-0.2, 0) is 10.0 Å². The summed E-state index contributed by atoms with van der Waals surface area (Å²) in [5.41, 5.74) is 0. The summed E-state index contributed by atoms with van der Waals surface area (Å²) >= 11 is 0. The van der Waals surface area contributed by atoms with E-state index in [0.717, 1.165) is 18.0 Å². The van der Waals surface area contributed by atoms with Crippen LogP contribution in [0, 0.1) is 11.6 Å². The maximum absolute atomic E-state index is 13.4. The van der Waals surface area contributed by atoms with E-state index in [0.29, 0.717) is 18.9 Å². The largest absolute Gasteiger partial charge is 0.314 e. The molecule has 9 heteroatoms. The van der Waals surface area contributed by atoms with Crippen molar-refractivity contribution in [2.45, 2.75) is 43.5 Å². The Morgan fingerprint density at radius 3 is 2.28 bits per heavy atom. The molecule has 2 aromatic rings. The Labute approximate surface area is 145 Å². The number of sulfonamides is 1. The minimum atomic E-state index is -3.91. The molecule has 0 spiro atoms. The summed E-state index contributed by atoms with van der Waals surface area (Å²) < 4.78 is 55.2. The van der Waals surface area contributed by atoms with E-state index in [9.17, 15) is 17.2 Å². The Morgan fingerprint density at radius 2 is 1.72 bits per heavy atom. The maximum atomic E-state index is 13.4. The van der Waals surface area contributed by atoms with Gasteiger partial charge in [-0.15, -0.1) is 10.2 Å². The van der Waals surface area contributed by atoms with Gasteiger partial charge in [0.2, 0.25) is 10.0 Å². The fourth-order valence-electron chi connectivity index (χ4n) is 3.13. The van der Waals surface area contributed by atoms with Crippen LogP contribution in [0.15, 0.2) is 29.4 Å². The van der Waals surface area contributed by atoms with E-state index < -0.39 is 21.7 Å². The van der Waals surface area contributed by atoms with Crippen LogP contribution in [0.4, 0.5) is 8.78 Å². The molecule has 6 nitrogen and oxygen atoms in total. The Kier molecular flexibility index (Phi) is 4.88. The molecule has 0 N–H and O–H groups in total. The number of aromatic nitrogens is 3. The van der Waals surface area contributed by atoms with E-state index in [4.69, 9.17) is 0 Å². The van der Waals surface area contributed by atoms with E-state index in [1.54, 1.807) is 6.33 Å². The van der Waals surface area contributed by atoms with Crippen LogP contribution in [0.5, 0.6) is 0 Å². The van der Waals surface area contributed by atoms with E-state index in [2.05, 4.69) is 10.2 Å². The maximum Gasteiger partial charge on any atom is 0.243 e. The Hall–Kier alpha value is -1.87. The van der Waals surface area contributed by atoms with Crippen molar-refractivity contribution >= 4 is 10.0 Å². The number of benzene rings is 1. The van der Waals surface area contributed by atoms with Gasteiger partial charge in [-0.1, -0.05) is 13.8 Å². The van der Waals surface area contributed by atoms with Crippen LogP contribution >= 0.6 is 0 Å². The zero-order chi connectivity index (χ0) is 18.2. The van der Waals surface area contributed by atoms with Crippen molar-refractivity contribution in [1.29, 1.82) is 0 Å². The molecular formula is C16H20F2N4O2S. The molecule has 0 aliphatic carbocycles. The van der Waals surface area contributed by atoms with Crippen LogP contribution in [0.3, 0.4) is 0 Å². The SMILES string of the molecule is CC(C)c1nncn1C1CCN(S(=O)(=O)c2cc(F)cc(F)c2)CC1. The standard InChI is InChI=1S/C16H20F2N4O2S/c1-11(2)16-20-19-10-22(16)14-3-5-21(6-4-14)25(23,24)15-8-12(17)7-13(18)9-15/h7-11,14H,3-6H2,1-2H3. The lowest BCUT2D eigenvalue weighted by Crippen LogP contribution is -2.39. The van der Waals surface area contributed by atoms with Gasteiger partial charge < -0.3 is 4.57 Å². The van der Waals surface area contributed by atoms with Crippen molar-refractivity contribution in [1.82, 2.24) is 19.1 Å². The number of piperidine rings is 1. The fourth-order valence-corrected chi connectivity index (χ4v) is 4.65. The van der Waals surface area contributed by atoms with E-state index in [1.165, 1.54) is 4.31 Å². The third-order valence-electron chi connectivity index (χ3n) is 4.41. The highest BCUT2D eigenvalue weighted by Crippen LogP contribution is 2.29. The summed E-state index contributed by atoms with van der Waals surface area (Å²) in [5.74, 6) is -0.716. The smallest absolute Gasteiger partial charge is 0.243 e. The minimum Gasteiger partial charge on any atom is -0.314 e. The molecule has 136 valence electrons. The first-order valence-corrected chi connectivity index (χ1v) is 9.58. The Balaban J connectivity index is 1.76. The Morgan fingerprint density at radius 1 is 1.12 bits per heavy atom. The highest BCUT2D eigenvalue weighted by atomic mass is 32.2. The van der Waals surface area contributed by atoms with Gasteiger partial charge in [0.15, 0.2) is 0 Å². The van der Waals surface area contributed by atoms with E-state index in [1.807, 2.05) is 18.4 Å². The third kappa shape index (κ3) is 3.57. The molecule has 0 saturated carbocycles. The molecule has 1 aliphatic rings. The summed E-state index contributed by atoms with van der Waals surface area (Å²) in [6.07, 6.45) is 2.86. The molecule has 0 amide bonds. The molecule has 1 aliphatic heterocycles. The van der Waals surface area contributed by atoms with Gasteiger partial charge in [0, 0.05) is 31.1 Å². The molecule has 3 rings (SSSR count). The zero-order valence-electron chi connectivity index (χ0n) is 14.1. The lowest BCUT2D eigenvalue weighted by atomic mass is 10.1. The molecule has 1 aromatic heterocycles. The number of hydrogen-bond donors (Lipinski definition) is 0. The predicted octanol–water partition coefficient (Wildman–Crippen LogP) is 2.71.